The number of phenols is 2. The molecule has 0 aliphatic carbocycles. The molecule has 0 bridgehead atoms. The van der Waals surface area contributed by atoms with Crippen LogP contribution in [0.25, 0.3) is 0 Å². The summed E-state index contributed by atoms with van der Waals surface area (Å²) in [4.78, 5) is 0. The third kappa shape index (κ3) is 2.62. The average molecular weight is 302 g/mol. The van der Waals surface area contributed by atoms with Crippen LogP contribution in [0.15, 0.2) is 12.1 Å². The number of anilines is 2. The highest BCUT2D eigenvalue weighted by molar-refractivity contribution is 5.66. The van der Waals surface area contributed by atoms with Crippen molar-refractivity contribution >= 4 is 11.4 Å². The van der Waals surface area contributed by atoms with Gasteiger partial charge in [0.05, 0.1) is 11.4 Å². The predicted molar refractivity (Wildman–Crippen MR) is 88.3 cm³/mol. The molecule has 0 spiro atoms. The van der Waals surface area contributed by atoms with Crippen molar-refractivity contribution in [3.8, 4) is 17.2 Å². The lowest BCUT2D eigenvalue weighted by molar-refractivity contribution is 0.302. The van der Waals surface area contributed by atoms with Crippen LogP contribution in [0.5, 0.6) is 17.2 Å². The summed E-state index contributed by atoms with van der Waals surface area (Å²) >= 11 is 0. The third-order valence-electron chi connectivity index (χ3n) is 4.04. The van der Waals surface area contributed by atoms with Crippen LogP contribution < -0.4 is 16.2 Å². The molecular formula is C17H22N2O3. The molecule has 0 saturated heterocycles. The number of phenolic OH excluding ortho intramolecular Hbond substituents is 2. The van der Waals surface area contributed by atoms with Crippen molar-refractivity contribution in [2.45, 2.75) is 34.3 Å². The highest BCUT2D eigenvalue weighted by Gasteiger charge is 2.14. The van der Waals surface area contributed by atoms with Gasteiger partial charge in [0.1, 0.15) is 23.9 Å². The number of aryl methyl sites for hydroxylation is 2. The van der Waals surface area contributed by atoms with Crippen LogP contribution in [-0.2, 0) is 6.61 Å². The Balaban J connectivity index is 2.32. The highest BCUT2D eigenvalue weighted by atomic mass is 16.5. The first-order chi connectivity index (χ1) is 10.2. The first kappa shape index (κ1) is 15.8. The fourth-order valence-corrected chi connectivity index (χ4v) is 2.35. The largest absolute Gasteiger partial charge is 0.506 e. The Bertz CT molecular complexity index is 676. The Labute approximate surface area is 130 Å². The molecule has 22 heavy (non-hydrogen) atoms. The second-order valence-electron chi connectivity index (χ2n) is 5.61. The van der Waals surface area contributed by atoms with E-state index in [-0.39, 0.29) is 11.5 Å². The molecule has 0 radical (unpaired) electrons. The van der Waals surface area contributed by atoms with Crippen molar-refractivity contribution in [3.63, 3.8) is 0 Å². The van der Waals surface area contributed by atoms with E-state index >= 15 is 0 Å². The van der Waals surface area contributed by atoms with Gasteiger partial charge in [-0.1, -0.05) is 0 Å². The minimum Gasteiger partial charge on any atom is -0.506 e. The van der Waals surface area contributed by atoms with Crippen molar-refractivity contribution in [1.29, 1.82) is 0 Å². The molecule has 2 rings (SSSR count). The molecule has 0 aliphatic heterocycles. The van der Waals surface area contributed by atoms with Gasteiger partial charge in [-0.25, -0.2) is 0 Å². The van der Waals surface area contributed by atoms with E-state index in [1.165, 1.54) is 0 Å². The van der Waals surface area contributed by atoms with Crippen LogP contribution in [0, 0.1) is 27.7 Å². The van der Waals surface area contributed by atoms with E-state index < -0.39 is 0 Å². The highest BCUT2D eigenvalue weighted by Crippen LogP contribution is 2.36. The fraction of sp³-hybridized carbons (Fsp3) is 0.294. The van der Waals surface area contributed by atoms with Crippen LogP contribution in [0.1, 0.15) is 27.8 Å². The van der Waals surface area contributed by atoms with E-state index in [4.69, 9.17) is 16.2 Å². The molecule has 118 valence electrons. The van der Waals surface area contributed by atoms with Gasteiger partial charge in [-0.3, -0.25) is 0 Å². The predicted octanol–water partition coefficient (Wildman–Crippen LogP) is 3.07. The quantitative estimate of drug-likeness (QED) is 0.515. The van der Waals surface area contributed by atoms with E-state index in [2.05, 4.69) is 0 Å². The Kier molecular flexibility index (Phi) is 4.08. The van der Waals surface area contributed by atoms with Gasteiger partial charge in [-0.2, -0.15) is 0 Å². The number of hydrogen-bond acceptors (Lipinski definition) is 5. The molecule has 0 aromatic heterocycles. The lowest BCUT2D eigenvalue weighted by Gasteiger charge is -2.16. The van der Waals surface area contributed by atoms with Crippen LogP contribution in [0.3, 0.4) is 0 Å². The zero-order valence-electron chi connectivity index (χ0n) is 13.3. The van der Waals surface area contributed by atoms with Gasteiger partial charge >= 0.3 is 0 Å². The number of nitrogens with two attached hydrogens (primary N) is 2. The summed E-state index contributed by atoms with van der Waals surface area (Å²) < 4.78 is 5.84. The molecule has 0 fully saturated rings. The van der Waals surface area contributed by atoms with Gasteiger partial charge in [-0.05, 0) is 62.1 Å². The molecule has 6 N–H and O–H groups in total. The van der Waals surface area contributed by atoms with Crippen molar-refractivity contribution in [2.24, 2.45) is 0 Å². The average Bonchev–Trinajstić information content (AvgIpc) is 2.49. The number of hydrogen-bond donors (Lipinski definition) is 4. The smallest absolute Gasteiger partial charge is 0.141 e. The molecule has 0 aliphatic rings. The van der Waals surface area contributed by atoms with Crippen LogP contribution >= 0.6 is 0 Å². The molecule has 2 aromatic carbocycles. The Morgan fingerprint density at radius 3 is 1.95 bits per heavy atom. The van der Waals surface area contributed by atoms with Crippen LogP contribution in [0.4, 0.5) is 11.4 Å². The summed E-state index contributed by atoms with van der Waals surface area (Å²) in [5.41, 5.74) is 16.2. The maximum absolute atomic E-state index is 9.83. The molecule has 0 saturated carbocycles. The summed E-state index contributed by atoms with van der Waals surface area (Å²) in [6, 6.07) is 3.61. The van der Waals surface area contributed by atoms with Gasteiger partial charge < -0.3 is 26.4 Å². The number of ether oxygens (including phenoxy) is 1. The minimum absolute atomic E-state index is 0.0887. The second-order valence-corrected chi connectivity index (χ2v) is 5.61. The normalized spacial score (nSPS) is 10.7. The molecule has 0 atom stereocenters. The Morgan fingerprint density at radius 1 is 0.864 bits per heavy atom. The molecule has 5 heteroatoms. The molecule has 0 unspecified atom stereocenters. The van der Waals surface area contributed by atoms with Crippen LogP contribution in [0.2, 0.25) is 0 Å². The fourth-order valence-electron chi connectivity index (χ4n) is 2.35. The molecule has 0 heterocycles. The molecular weight excluding hydrogens is 280 g/mol. The zero-order chi connectivity index (χ0) is 16.6. The summed E-state index contributed by atoms with van der Waals surface area (Å²) in [5.74, 6) is 0.824. The standard InChI is InChI=1S/C17H22N2O3/c1-8-5-12(10(3)14(18)16(8)20)7-22-13-6-9(2)17(21)15(19)11(13)4/h5-6,20-21H,7,18-19H2,1-4H3. The van der Waals surface area contributed by atoms with E-state index in [0.717, 1.165) is 11.1 Å². The summed E-state index contributed by atoms with van der Waals surface area (Å²) in [6.45, 7) is 7.51. The zero-order valence-corrected chi connectivity index (χ0v) is 13.3. The van der Waals surface area contributed by atoms with Gasteiger partial charge in [0.25, 0.3) is 0 Å². The maximum Gasteiger partial charge on any atom is 0.141 e. The minimum atomic E-state index is 0.0887. The van der Waals surface area contributed by atoms with Crippen LogP contribution in [-0.4, -0.2) is 10.2 Å². The van der Waals surface area contributed by atoms with Gasteiger partial charge in [0.2, 0.25) is 0 Å². The SMILES string of the molecule is Cc1cc(COc2cc(C)c(O)c(N)c2C)c(C)c(N)c1O. The lowest BCUT2D eigenvalue weighted by Crippen LogP contribution is -2.04. The number of benzene rings is 2. The Hall–Kier alpha value is -2.56. The molecule has 0 amide bonds. The first-order valence-electron chi connectivity index (χ1n) is 7.03. The van der Waals surface area contributed by atoms with Gasteiger partial charge in [0, 0.05) is 5.56 Å². The summed E-state index contributed by atoms with van der Waals surface area (Å²) in [7, 11) is 0. The maximum atomic E-state index is 9.83. The topological polar surface area (TPSA) is 102 Å². The van der Waals surface area contributed by atoms with Crippen molar-refractivity contribution in [2.75, 3.05) is 11.5 Å². The molecule has 5 nitrogen and oxygen atoms in total. The van der Waals surface area contributed by atoms with Gasteiger partial charge in [0.15, 0.2) is 0 Å². The summed E-state index contributed by atoms with van der Waals surface area (Å²) in [5, 5.41) is 19.7. The van der Waals surface area contributed by atoms with Crippen molar-refractivity contribution < 1.29 is 14.9 Å². The van der Waals surface area contributed by atoms with E-state index in [0.29, 0.717) is 40.4 Å². The number of nitrogen functional groups attached to an aromatic ring is 2. The first-order valence-corrected chi connectivity index (χ1v) is 7.03. The second kappa shape index (κ2) is 5.67. The number of rotatable bonds is 3. The van der Waals surface area contributed by atoms with E-state index in [1.54, 1.807) is 26.8 Å². The van der Waals surface area contributed by atoms with Crippen molar-refractivity contribution in [3.05, 3.63) is 39.9 Å². The van der Waals surface area contributed by atoms with E-state index in [9.17, 15) is 10.2 Å². The lowest BCUT2D eigenvalue weighted by atomic mass is 10.0. The Morgan fingerprint density at radius 2 is 1.36 bits per heavy atom. The monoisotopic (exact) mass is 302 g/mol. The van der Waals surface area contributed by atoms with Gasteiger partial charge in [-0.15, -0.1) is 0 Å². The summed E-state index contributed by atoms with van der Waals surface area (Å²) in [6.07, 6.45) is 0. The third-order valence-corrected chi connectivity index (χ3v) is 4.04. The van der Waals surface area contributed by atoms with E-state index in [1.807, 2.05) is 13.0 Å². The van der Waals surface area contributed by atoms with Crippen molar-refractivity contribution in [1.82, 2.24) is 0 Å². The number of aromatic hydroxyl groups is 2. The molecule has 2 aromatic rings.